The maximum atomic E-state index is 11.0. The highest BCUT2D eigenvalue weighted by molar-refractivity contribution is 5.77. The molecule has 5 heteroatoms. The number of nitrogens with zero attached hydrogens (tertiary/aromatic N) is 1. The number of carbonyl (C=O) groups excluding carboxylic acids is 1. The predicted molar refractivity (Wildman–Crippen MR) is 131 cm³/mol. The van der Waals surface area contributed by atoms with Crippen molar-refractivity contribution < 1.29 is 4.79 Å². The summed E-state index contributed by atoms with van der Waals surface area (Å²) in [4.78, 5) is 11.0. The Balaban J connectivity index is -0.000000352. The molecular formula is C24H54N4O. The molecule has 0 spiro atoms. The van der Waals surface area contributed by atoms with E-state index in [1.807, 2.05) is 20.1 Å². The second kappa shape index (κ2) is 21.6. The summed E-state index contributed by atoms with van der Waals surface area (Å²) in [6.45, 7) is 27.3. The molecule has 0 aliphatic rings. The third-order valence-electron chi connectivity index (χ3n) is 3.52. The minimum absolute atomic E-state index is 0.113. The lowest BCUT2D eigenvalue weighted by Crippen LogP contribution is -2.29. The van der Waals surface area contributed by atoms with E-state index in [0.29, 0.717) is 23.9 Å². The zero-order valence-electron chi connectivity index (χ0n) is 21.7. The summed E-state index contributed by atoms with van der Waals surface area (Å²) in [6.07, 6.45) is 4.26. The molecule has 0 aliphatic heterocycles. The lowest BCUT2D eigenvalue weighted by molar-refractivity contribution is -0.124. The molecule has 0 bridgehead atoms. The normalized spacial score (nSPS) is 11.2. The van der Waals surface area contributed by atoms with Crippen molar-refractivity contribution in [3.8, 4) is 0 Å². The molecule has 1 amide bonds. The fourth-order valence-corrected chi connectivity index (χ4v) is 1.69. The highest BCUT2D eigenvalue weighted by atomic mass is 16.1. The van der Waals surface area contributed by atoms with Gasteiger partial charge in [-0.05, 0) is 51.0 Å². The van der Waals surface area contributed by atoms with E-state index in [2.05, 4.69) is 90.4 Å². The van der Waals surface area contributed by atoms with Crippen molar-refractivity contribution in [2.75, 3.05) is 13.1 Å². The molecular weight excluding hydrogens is 360 g/mol. The average Bonchev–Trinajstić information content (AvgIpc) is 2.54. The van der Waals surface area contributed by atoms with Crippen LogP contribution < -0.4 is 16.1 Å². The van der Waals surface area contributed by atoms with E-state index in [4.69, 9.17) is 0 Å². The van der Waals surface area contributed by atoms with Crippen molar-refractivity contribution in [1.82, 2.24) is 16.1 Å². The molecule has 0 saturated carbocycles. The predicted octanol–water partition coefficient (Wildman–Crippen LogP) is 5.46. The molecule has 3 N–H and O–H groups in total. The fraction of sp³-hybridized carbons (Fsp3) is 0.917. The van der Waals surface area contributed by atoms with Crippen molar-refractivity contribution in [3.05, 3.63) is 0 Å². The van der Waals surface area contributed by atoms with Crippen molar-refractivity contribution in [1.29, 1.82) is 0 Å². The van der Waals surface area contributed by atoms with Gasteiger partial charge in [-0.25, -0.2) is 0 Å². The van der Waals surface area contributed by atoms with Gasteiger partial charge in [-0.1, -0.05) is 69.2 Å². The van der Waals surface area contributed by atoms with E-state index < -0.39 is 0 Å². The van der Waals surface area contributed by atoms with E-state index in [1.54, 1.807) is 0 Å². The van der Waals surface area contributed by atoms with Gasteiger partial charge in [0.15, 0.2) is 0 Å². The van der Waals surface area contributed by atoms with Gasteiger partial charge in [-0.2, -0.15) is 5.10 Å². The number of hydrogen-bond acceptors (Lipinski definition) is 4. The summed E-state index contributed by atoms with van der Waals surface area (Å²) < 4.78 is 0. The summed E-state index contributed by atoms with van der Waals surface area (Å²) in [5, 5.41) is 10.2. The van der Waals surface area contributed by atoms with Crippen LogP contribution in [0.2, 0.25) is 0 Å². The number of hydrazone groups is 1. The summed E-state index contributed by atoms with van der Waals surface area (Å²) in [7, 11) is 0. The smallest absolute Gasteiger partial charge is 0.222 e. The first-order valence-corrected chi connectivity index (χ1v) is 11.6. The summed E-state index contributed by atoms with van der Waals surface area (Å²) >= 11 is 0. The Morgan fingerprint density at radius 3 is 1.59 bits per heavy atom. The Labute approximate surface area is 183 Å². The van der Waals surface area contributed by atoms with Gasteiger partial charge in [0.2, 0.25) is 5.91 Å². The average molecular weight is 415 g/mol. The van der Waals surface area contributed by atoms with Crippen molar-refractivity contribution in [2.24, 2.45) is 28.8 Å². The van der Waals surface area contributed by atoms with Crippen LogP contribution in [0.4, 0.5) is 0 Å². The molecule has 0 unspecified atom stereocenters. The van der Waals surface area contributed by atoms with Crippen LogP contribution in [0, 0.1) is 23.7 Å². The SMILES string of the molecule is CC(C)C=NNC(C)C.CC(C)CCNC(=O)C(C)C.CC(C)CCNC(C)C. The van der Waals surface area contributed by atoms with Crippen molar-refractivity contribution in [2.45, 2.75) is 108 Å². The molecule has 0 heterocycles. The largest absolute Gasteiger partial charge is 0.356 e. The molecule has 0 aromatic heterocycles. The molecule has 5 nitrogen and oxygen atoms in total. The Morgan fingerprint density at radius 1 is 0.759 bits per heavy atom. The van der Waals surface area contributed by atoms with Gasteiger partial charge >= 0.3 is 0 Å². The van der Waals surface area contributed by atoms with Crippen LogP contribution in [0.1, 0.15) is 95.9 Å². The van der Waals surface area contributed by atoms with Gasteiger partial charge in [-0.3, -0.25) is 4.79 Å². The lowest BCUT2D eigenvalue weighted by atomic mass is 10.1. The van der Waals surface area contributed by atoms with Gasteiger partial charge in [0, 0.05) is 30.8 Å². The van der Waals surface area contributed by atoms with Crippen LogP contribution in [0.25, 0.3) is 0 Å². The first kappa shape index (κ1) is 32.6. The lowest BCUT2D eigenvalue weighted by Gasteiger charge is -2.08. The number of nitrogens with one attached hydrogen (secondary N) is 3. The maximum absolute atomic E-state index is 11.0. The standard InChI is InChI=1S/C9H19NO.C8H19N.C7H16N2/c1-7(2)5-6-10-9(11)8(3)4;1-7(2)5-6-9-8(3)4;1-6(2)5-8-9-7(3)4/h7-8H,5-6H2,1-4H3,(H,10,11);7-9H,5-6H2,1-4H3;5-7,9H,1-4H3. The monoisotopic (exact) mass is 414 g/mol. The zero-order valence-corrected chi connectivity index (χ0v) is 21.7. The van der Waals surface area contributed by atoms with Crippen LogP contribution >= 0.6 is 0 Å². The van der Waals surface area contributed by atoms with E-state index >= 15 is 0 Å². The molecule has 0 rings (SSSR count). The molecule has 0 radical (unpaired) electrons. The Bertz CT molecular complexity index is 367. The number of amides is 1. The molecule has 0 aromatic rings. The summed E-state index contributed by atoms with van der Waals surface area (Å²) in [6, 6.07) is 1.09. The number of carbonyl (C=O) groups is 1. The fourth-order valence-electron chi connectivity index (χ4n) is 1.69. The van der Waals surface area contributed by atoms with Gasteiger partial charge in [0.1, 0.15) is 0 Å². The second-order valence-electron chi connectivity index (χ2n) is 9.73. The third kappa shape index (κ3) is 38.2. The maximum Gasteiger partial charge on any atom is 0.222 e. The van der Waals surface area contributed by atoms with Crippen LogP contribution in [-0.4, -0.2) is 37.3 Å². The first-order valence-electron chi connectivity index (χ1n) is 11.6. The van der Waals surface area contributed by atoms with Gasteiger partial charge in [0.25, 0.3) is 0 Å². The third-order valence-corrected chi connectivity index (χ3v) is 3.52. The van der Waals surface area contributed by atoms with Crippen LogP contribution in [0.3, 0.4) is 0 Å². The van der Waals surface area contributed by atoms with Crippen LogP contribution in [0.5, 0.6) is 0 Å². The van der Waals surface area contributed by atoms with E-state index in [9.17, 15) is 4.79 Å². The van der Waals surface area contributed by atoms with Crippen molar-refractivity contribution in [3.63, 3.8) is 0 Å². The molecule has 0 aromatic carbocycles. The molecule has 0 aliphatic carbocycles. The minimum atomic E-state index is 0.113. The van der Waals surface area contributed by atoms with E-state index in [0.717, 1.165) is 25.4 Å². The second-order valence-corrected chi connectivity index (χ2v) is 9.73. The Hall–Kier alpha value is -1.10. The van der Waals surface area contributed by atoms with Gasteiger partial charge in [0.05, 0.1) is 0 Å². The minimum Gasteiger partial charge on any atom is -0.356 e. The Morgan fingerprint density at radius 2 is 1.24 bits per heavy atom. The molecule has 0 atom stereocenters. The topological polar surface area (TPSA) is 65.5 Å². The van der Waals surface area contributed by atoms with Crippen LogP contribution in [-0.2, 0) is 4.79 Å². The quantitative estimate of drug-likeness (QED) is 0.310. The number of rotatable bonds is 11. The van der Waals surface area contributed by atoms with Crippen molar-refractivity contribution >= 4 is 12.1 Å². The first-order chi connectivity index (χ1) is 13.3. The Kier molecular flexibility index (Phi) is 24.3. The highest BCUT2D eigenvalue weighted by Crippen LogP contribution is 1.98. The summed E-state index contributed by atoms with van der Waals surface area (Å²) in [5.74, 6) is 2.31. The van der Waals surface area contributed by atoms with E-state index in [-0.39, 0.29) is 11.8 Å². The van der Waals surface area contributed by atoms with E-state index in [1.165, 1.54) is 6.42 Å². The number of hydrogen-bond donors (Lipinski definition) is 3. The van der Waals surface area contributed by atoms with Gasteiger partial charge in [-0.15, -0.1) is 0 Å². The molecule has 29 heavy (non-hydrogen) atoms. The highest BCUT2D eigenvalue weighted by Gasteiger charge is 2.04. The zero-order chi connectivity index (χ0) is 23.4. The summed E-state index contributed by atoms with van der Waals surface area (Å²) in [5.41, 5.74) is 2.95. The van der Waals surface area contributed by atoms with Crippen LogP contribution in [0.15, 0.2) is 5.10 Å². The van der Waals surface area contributed by atoms with Gasteiger partial charge < -0.3 is 16.1 Å². The molecule has 176 valence electrons. The molecule has 0 fully saturated rings. The molecule has 0 saturated heterocycles.